The Balaban J connectivity index is 1.66. The normalized spacial score (nSPS) is 13.7. The van der Waals surface area contributed by atoms with Gasteiger partial charge in [0.15, 0.2) is 6.73 Å². The summed E-state index contributed by atoms with van der Waals surface area (Å²) in [6.45, 7) is 1.97. The molecule has 0 bridgehead atoms. The van der Waals surface area contributed by atoms with Crippen molar-refractivity contribution >= 4 is 16.7 Å². The largest absolute Gasteiger partial charge is 0.472 e. The van der Waals surface area contributed by atoms with Crippen molar-refractivity contribution in [3.8, 4) is 16.9 Å². The van der Waals surface area contributed by atoms with Crippen molar-refractivity contribution in [2.45, 2.75) is 19.6 Å². The van der Waals surface area contributed by atoms with Crippen molar-refractivity contribution in [1.82, 2.24) is 0 Å². The molecule has 2 heterocycles. The first-order chi connectivity index (χ1) is 15.3. The molecule has 162 valence electrons. The molecule has 0 atom stereocenters. The zero-order valence-corrected chi connectivity index (χ0v) is 17.1. The first-order valence-corrected chi connectivity index (χ1v) is 10.0. The molecule has 0 amide bonds. The summed E-state index contributed by atoms with van der Waals surface area (Å²) in [4.78, 5) is 13.8. The van der Waals surface area contributed by atoms with E-state index in [9.17, 15) is 18.0 Å². The highest BCUT2D eigenvalue weighted by Crippen LogP contribution is 2.41. The van der Waals surface area contributed by atoms with Crippen LogP contribution in [0.3, 0.4) is 0 Å². The van der Waals surface area contributed by atoms with Crippen LogP contribution in [0.4, 0.5) is 18.9 Å². The fourth-order valence-electron chi connectivity index (χ4n) is 4.22. The molecule has 0 fully saturated rings. The summed E-state index contributed by atoms with van der Waals surface area (Å²) in [7, 11) is 0. The Morgan fingerprint density at radius 2 is 1.69 bits per heavy atom. The zero-order chi connectivity index (χ0) is 22.5. The second-order valence-corrected chi connectivity index (χ2v) is 7.70. The van der Waals surface area contributed by atoms with E-state index < -0.39 is 17.4 Å². The maximum absolute atomic E-state index is 13.5. The van der Waals surface area contributed by atoms with Gasteiger partial charge in [-0.2, -0.15) is 13.2 Å². The van der Waals surface area contributed by atoms with Gasteiger partial charge in [0.25, 0.3) is 0 Å². The molecule has 7 heteroatoms. The number of aryl methyl sites for hydroxylation is 1. The first-order valence-electron chi connectivity index (χ1n) is 10.0. The third kappa shape index (κ3) is 3.39. The quantitative estimate of drug-likeness (QED) is 0.353. The van der Waals surface area contributed by atoms with Crippen LogP contribution in [0.5, 0.6) is 5.75 Å². The molecular formula is C25H18F3NO3. The molecule has 4 aromatic rings. The fourth-order valence-corrected chi connectivity index (χ4v) is 4.22. The maximum atomic E-state index is 13.5. The number of benzene rings is 3. The van der Waals surface area contributed by atoms with E-state index in [2.05, 4.69) is 0 Å². The van der Waals surface area contributed by atoms with Gasteiger partial charge < -0.3 is 14.1 Å². The van der Waals surface area contributed by atoms with Crippen LogP contribution >= 0.6 is 0 Å². The number of alkyl halides is 3. The summed E-state index contributed by atoms with van der Waals surface area (Å²) in [6.07, 6.45) is -4.47. The van der Waals surface area contributed by atoms with E-state index in [1.54, 1.807) is 17.9 Å². The molecule has 5 rings (SSSR count). The predicted molar refractivity (Wildman–Crippen MR) is 116 cm³/mol. The van der Waals surface area contributed by atoms with Crippen molar-refractivity contribution in [3.63, 3.8) is 0 Å². The van der Waals surface area contributed by atoms with Crippen LogP contribution in [0.15, 0.2) is 75.9 Å². The second-order valence-electron chi connectivity index (χ2n) is 7.70. The molecule has 0 saturated heterocycles. The van der Waals surface area contributed by atoms with Gasteiger partial charge in [0.2, 0.25) is 0 Å². The molecular weight excluding hydrogens is 419 g/mol. The number of ether oxygens (including phenoxy) is 1. The molecule has 1 aliphatic heterocycles. The first kappa shape index (κ1) is 20.2. The van der Waals surface area contributed by atoms with Gasteiger partial charge >= 0.3 is 11.8 Å². The van der Waals surface area contributed by atoms with Crippen molar-refractivity contribution in [2.24, 2.45) is 0 Å². The lowest BCUT2D eigenvalue weighted by atomic mass is 9.96. The number of hydrogen-bond donors (Lipinski definition) is 0. The van der Waals surface area contributed by atoms with Crippen LogP contribution in [0.2, 0.25) is 0 Å². The lowest BCUT2D eigenvalue weighted by Gasteiger charge is -2.33. The summed E-state index contributed by atoms with van der Waals surface area (Å²) in [5, 5.41) is 0.710. The molecule has 1 aliphatic rings. The van der Waals surface area contributed by atoms with E-state index in [4.69, 9.17) is 9.15 Å². The van der Waals surface area contributed by atoms with Gasteiger partial charge in [0.1, 0.15) is 11.3 Å². The number of para-hydroxylation sites is 1. The van der Waals surface area contributed by atoms with Crippen molar-refractivity contribution < 1.29 is 22.3 Å². The fraction of sp³-hybridized carbons (Fsp3) is 0.160. The highest BCUT2D eigenvalue weighted by Gasteiger charge is 2.35. The van der Waals surface area contributed by atoms with E-state index >= 15 is 0 Å². The summed E-state index contributed by atoms with van der Waals surface area (Å²) in [6, 6.07) is 18.2. The van der Waals surface area contributed by atoms with Gasteiger partial charge in [-0.1, -0.05) is 42.5 Å². The Labute approximate surface area is 181 Å². The molecule has 0 spiro atoms. The van der Waals surface area contributed by atoms with Crippen molar-refractivity contribution in [2.75, 3.05) is 11.6 Å². The minimum absolute atomic E-state index is 0.0466. The number of anilines is 1. The molecule has 0 saturated carbocycles. The van der Waals surface area contributed by atoms with E-state index in [-0.39, 0.29) is 19.0 Å². The predicted octanol–water partition coefficient (Wildman–Crippen LogP) is 6.14. The van der Waals surface area contributed by atoms with E-state index in [1.165, 1.54) is 18.2 Å². The molecule has 0 unspecified atom stereocenters. The number of halogens is 3. The molecule has 4 nitrogen and oxygen atoms in total. The Morgan fingerprint density at radius 3 is 2.44 bits per heavy atom. The molecule has 3 aromatic carbocycles. The van der Waals surface area contributed by atoms with E-state index in [0.29, 0.717) is 27.8 Å². The molecule has 1 aromatic heterocycles. The van der Waals surface area contributed by atoms with Crippen LogP contribution in [0.1, 0.15) is 16.7 Å². The number of hydrogen-bond acceptors (Lipinski definition) is 4. The third-order valence-corrected chi connectivity index (χ3v) is 5.65. The standard InChI is InChI=1S/C25H18F3NO3/c1-15-23-17(13-29(14-31-23)21-10-6-5-9-20(21)25(26,27)28)11-19-18(12-22(30)32-24(15)19)16-7-3-2-4-8-16/h2-12H,13-14H2,1H3. The molecule has 0 N–H and O–H groups in total. The SMILES string of the molecule is Cc1c2c(cc3c(-c4ccccc4)cc(=O)oc13)CN(c1ccccc1C(F)(F)F)CO2. The Bertz CT molecular complexity index is 1380. The van der Waals surface area contributed by atoms with Gasteiger partial charge in [0.05, 0.1) is 11.3 Å². The minimum Gasteiger partial charge on any atom is -0.472 e. The molecule has 0 radical (unpaired) electrons. The summed E-state index contributed by atoms with van der Waals surface area (Å²) in [5.74, 6) is 0.534. The topological polar surface area (TPSA) is 42.7 Å². The van der Waals surface area contributed by atoms with Crippen LogP contribution < -0.4 is 15.3 Å². The van der Waals surface area contributed by atoms with E-state index in [0.717, 1.165) is 17.2 Å². The minimum atomic E-state index is -4.47. The van der Waals surface area contributed by atoms with Gasteiger partial charge in [-0.05, 0) is 36.2 Å². The van der Waals surface area contributed by atoms with Crippen LogP contribution in [0.25, 0.3) is 22.1 Å². The average Bonchev–Trinajstić information content (AvgIpc) is 2.79. The van der Waals surface area contributed by atoms with Gasteiger partial charge in [0, 0.05) is 29.1 Å². The van der Waals surface area contributed by atoms with Crippen LogP contribution in [-0.2, 0) is 12.7 Å². The van der Waals surface area contributed by atoms with Gasteiger partial charge in [-0.25, -0.2) is 4.79 Å². The lowest BCUT2D eigenvalue weighted by Crippen LogP contribution is -2.33. The molecule has 32 heavy (non-hydrogen) atoms. The number of nitrogens with zero attached hydrogens (tertiary/aromatic N) is 1. The number of fused-ring (bicyclic) bond motifs is 2. The second kappa shape index (κ2) is 7.44. The summed E-state index contributed by atoms with van der Waals surface area (Å²) >= 11 is 0. The Hall–Kier alpha value is -3.74. The highest BCUT2D eigenvalue weighted by atomic mass is 19.4. The van der Waals surface area contributed by atoms with Gasteiger partial charge in [-0.3, -0.25) is 0 Å². The average molecular weight is 437 g/mol. The van der Waals surface area contributed by atoms with Gasteiger partial charge in [-0.15, -0.1) is 0 Å². The highest BCUT2D eigenvalue weighted by molar-refractivity contribution is 5.96. The van der Waals surface area contributed by atoms with Crippen molar-refractivity contribution in [3.05, 3.63) is 93.8 Å². The smallest absolute Gasteiger partial charge is 0.418 e. The lowest BCUT2D eigenvalue weighted by molar-refractivity contribution is -0.137. The van der Waals surface area contributed by atoms with Crippen LogP contribution in [-0.4, -0.2) is 6.73 Å². The van der Waals surface area contributed by atoms with E-state index in [1.807, 2.05) is 36.4 Å². The zero-order valence-electron chi connectivity index (χ0n) is 17.1. The summed E-state index contributed by atoms with van der Waals surface area (Å²) in [5.41, 5.74) is 2.22. The number of rotatable bonds is 2. The molecule has 0 aliphatic carbocycles. The van der Waals surface area contributed by atoms with Crippen LogP contribution in [0, 0.1) is 6.92 Å². The Kier molecular flexibility index (Phi) is 4.69. The summed E-state index contributed by atoms with van der Waals surface area (Å²) < 4.78 is 52.0. The van der Waals surface area contributed by atoms with Crippen molar-refractivity contribution in [1.29, 1.82) is 0 Å². The Morgan fingerprint density at radius 1 is 0.969 bits per heavy atom. The third-order valence-electron chi connectivity index (χ3n) is 5.65. The monoisotopic (exact) mass is 437 g/mol. The maximum Gasteiger partial charge on any atom is 0.418 e.